The minimum Gasteiger partial charge on any atom is -0.0971 e. The van der Waals surface area contributed by atoms with Crippen molar-refractivity contribution in [3.8, 4) is 0 Å². The highest BCUT2D eigenvalue weighted by atomic mass is 31.1. The fraction of sp³-hybridized carbons (Fsp3) is 1.00. The summed E-state index contributed by atoms with van der Waals surface area (Å²) in [6.45, 7) is 1.90. The van der Waals surface area contributed by atoms with Crippen LogP contribution in [0.3, 0.4) is 0 Å². The van der Waals surface area contributed by atoms with Crippen molar-refractivity contribution in [2.75, 3.05) is 0 Å². The van der Waals surface area contributed by atoms with E-state index in [-0.39, 0.29) is 0 Å². The Morgan fingerprint density at radius 1 is 0.591 bits per heavy atom. The molecule has 3 saturated carbocycles. The minimum absolute atomic E-state index is 0.385. The fourth-order valence-corrected chi connectivity index (χ4v) is 9.71. The minimum atomic E-state index is 0.385. The highest BCUT2D eigenvalue weighted by Crippen LogP contribution is 2.61. The fourth-order valence-electron chi connectivity index (χ4n) is 5.03. The van der Waals surface area contributed by atoms with E-state index in [2.05, 4.69) is 0 Å². The largest absolute Gasteiger partial charge is 0.0971 e. The van der Waals surface area contributed by atoms with E-state index in [1.54, 1.807) is 77.0 Å². The molecule has 0 aliphatic heterocycles. The topological polar surface area (TPSA) is 0 Å². The summed E-state index contributed by atoms with van der Waals surface area (Å²) in [6, 6.07) is 0. The molecule has 2 radical (unpaired) electrons. The summed E-state index contributed by atoms with van der Waals surface area (Å²) in [5.41, 5.74) is 3.57. The van der Waals surface area contributed by atoms with Gasteiger partial charge >= 0.3 is 0 Å². The van der Waals surface area contributed by atoms with Gasteiger partial charge in [-0.3, -0.25) is 0 Å². The molecule has 0 N–H and O–H groups in total. The quantitative estimate of drug-likeness (QED) is 0.386. The highest BCUT2D eigenvalue weighted by molar-refractivity contribution is 7.59. The van der Waals surface area contributed by atoms with Crippen LogP contribution in [-0.4, -0.2) is 24.8 Å². The Bertz CT molecular complexity index is 220. The van der Waals surface area contributed by atoms with E-state index in [4.69, 9.17) is 7.85 Å². The van der Waals surface area contributed by atoms with Crippen LogP contribution in [-0.2, 0) is 0 Å². The molecule has 3 aliphatic carbocycles. The Balaban J connectivity index is 0.000000545. The Kier molecular flexibility index (Phi) is 9.52. The molecule has 22 heavy (non-hydrogen) atoms. The standard InChI is InChI=1S/C18H33P.C2H5B/c1-4-10-16(11-5-1)19(17-12-6-2-7-13-17)18-14-8-3-9-15-18;1-2-3/h16-18H,1-15H2;2H2,1H3. The third kappa shape index (κ3) is 5.85. The first-order valence-corrected chi connectivity index (χ1v) is 11.9. The average molecular weight is 320 g/mol. The first-order valence-electron chi connectivity index (χ1n) is 10.3. The molecule has 3 aliphatic rings. The predicted octanol–water partition coefficient (Wildman–Crippen LogP) is 7.06. The summed E-state index contributed by atoms with van der Waals surface area (Å²) in [6.07, 6.45) is 24.4. The maximum Gasteiger partial charge on any atom is 0.0649 e. The number of hydrogen-bond donors (Lipinski definition) is 0. The Labute approximate surface area is 142 Å². The molecule has 0 nitrogen and oxygen atoms in total. The smallest absolute Gasteiger partial charge is 0.0649 e. The molecule has 126 valence electrons. The van der Waals surface area contributed by atoms with Gasteiger partial charge in [0, 0.05) is 0 Å². The van der Waals surface area contributed by atoms with Gasteiger partial charge in [-0.25, -0.2) is 0 Å². The number of rotatable bonds is 3. The van der Waals surface area contributed by atoms with E-state index in [1.165, 1.54) is 36.2 Å². The molecule has 0 unspecified atom stereocenters. The normalized spacial score (nSPS) is 25.7. The summed E-state index contributed by atoms with van der Waals surface area (Å²) in [4.78, 5) is 0. The van der Waals surface area contributed by atoms with Crippen molar-refractivity contribution in [3.63, 3.8) is 0 Å². The molecular weight excluding hydrogens is 282 g/mol. The van der Waals surface area contributed by atoms with E-state index in [0.717, 1.165) is 6.32 Å². The highest BCUT2D eigenvalue weighted by Gasteiger charge is 2.36. The first kappa shape index (κ1) is 18.8. The van der Waals surface area contributed by atoms with E-state index in [9.17, 15) is 0 Å². The molecule has 0 amide bonds. The maximum atomic E-state index is 4.85. The summed E-state index contributed by atoms with van der Waals surface area (Å²) in [7, 11) is 5.23. The van der Waals surface area contributed by atoms with Crippen molar-refractivity contribution in [3.05, 3.63) is 0 Å². The molecule has 0 saturated heterocycles. The average Bonchev–Trinajstić information content (AvgIpc) is 2.59. The van der Waals surface area contributed by atoms with Gasteiger partial charge in [-0.15, -0.1) is 0 Å². The van der Waals surface area contributed by atoms with Crippen LogP contribution in [0.2, 0.25) is 6.32 Å². The molecule has 2 heteroatoms. The lowest BCUT2D eigenvalue weighted by atomic mass is 9.99. The lowest BCUT2D eigenvalue weighted by Gasteiger charge is -2.44. The summed E-state index contributed by atoms with van der Waals surface area (Å²) >= 11 is 0. The summed E-state index contributed by atoms with van der Waals surface area (Å²) in [5, 5.41) is 0. The van der Waals surface area contributed by atoms with E-state index in [1.807, 2.05) is 6.92 Å². The SMILES string of the molecule is C1CCC(P(C2CCCCC2)C2CCCCC2)CC1.[B]CC. The van der Waals surface area contributed by atoms with Crippen LogP contribution in [0.1, 0.15) is 103 Å². The zero-order chi connectivity index (χ0) is 15.6. The van der Waals surface area contributed by atoms with Crippen LogP contribution in [0, 0.1) is 0 Å². The molecule has 0 heterocycles. The van der Waals surface area contributed by atoms with E-state index >= 15 is 0 Å². The molecular formula is C20H38BP. The summed E-state index contributed by atoms with van der Waals surface area (Å²) in [5.74, 6) is 0. The Morgan fingerprint density at radius 3 is 1.05 bits per heavy atom. The second kappa shape index (κ2) is 11.1. The van der Waals surface area contributed by atoms with Crippen LogP contribution in [0.4, 0.5) is 0 Å². The maximum absolute atomic E-state index is 4.85. The van der Waals surface area contributed by atoms with Crippen LogP contribution >= 0.6 is 7.92 Å². The van der Waals surface area contributed by atoms with E-state index < -0.39 is 0 Å². The van der Waals surface area contributed by atoms with Gasteiger partial charge in [0.15, 0.2) is 0 Å². The lowest BCUT2D eigenvalue weighted by molar-refractivity contribution is 0.460. The van der Waals surface area contributed by atoms with Gasteiger partial charge in [0.05, 0.1) is 7.85 Å². The number of hydrogen-bond acceptors (Lipinski definition) is 0. The van der Waals surface area contributed by atoms with Crippen molar-refractivity contribution in [1.29, 1.82) is 0 Å². The summed E-state index contributed by atoms with van der Waals surface area (Å²) < 4.78 is 0. The third-order valence-electron chi connectivity index (χ3n) is 5.99. The Hall–Kier alpha value is 0.495. The van der Waals surface area contributed by atoms with E-state index in [0.29, 0.717) is 7.92 Å². The zero-order valence-electron chi connectivity index (χ0n) is 15.1. The lowest BCUT2D eigenvalue weighted by Crippen LogP contribution is -2.28. The van der Waals surface area contributed by atoms with Crippen molar-refractivity contribution in [2.24, 2.45) is 0 Å². The molecule has 0 aromatic heterocycles. The van der Waals surface area contributed by atoms with Gasteiger partial charge in [0.1, 0.15) is 0 Å². The van der Waals surface area contributed by atoms with Crippen molar-refractivity contribution >= 4 is 15.8 Å². The molecule has 0 aromatic carbocycles. The molecule has 0 aromatic rings. The molecule has 3 rings (SSSR count). The van der Waals surface area contributed by atoms with Gasteiger partial charge in [0.2, 0.25) is 0 Å². The van der Waals surface area contributed by atoms with Crippen molar-refractivity contribution in [2.45, 2.75) is 127 Å². The zero-order valence-corrected chi connectivity index (χ0v) is 16.0. The third-order valence-corrected chi connectivity index (χ3v) is 10.1. The van der Waals surface area contributed by atoms with Crippen LogP contribution in [0.5, 0.6) is 0 Å². The van der Waals surface area contributed by atoms with Crippen molar-refractivity contribution < 1.29 is 0 Å². The van der Waals surface area contributed by atoms with Gasteiger partial charge in [-0.2, -0.15) is 0 Å². The molecule has 3 fully saturated rings. The van der Waals surface area contributed by atoms with Crippen LogP contribution < -0.4 is 0 Å². The van der Waals surface area contributed by atoms with Crippen molar-refractivity contribution in [1.82, 2.24) is 0 Å². The van der Waals surface area contributed by atoms with Gasteiger partial charge in [-0.1, -0.05) is 79.0 Å². The van der Waals surface area contributed by atoms with Crippen LogP contribution in [0.15, 0.2) is 0 Å². The Morgan fingerprint density at radius 2 is 0.818 bits per heavy atom. The molecule has 0 bridgehead atoms. The van der Waals surface area contributed by atoms with Gasteiger partial charge in [-0.05, 0) is 55.5 Å². The second-order valence-corrected chi connectivity index (χ2v) is 10.8. The van der Waals surface area contributed by atoms with Gasteiger partial charge in [0.25, 0.3) is 0 Å². The predicted molar refractivity (Wildman–Crippen MR) is 104 cm³/mol. The molecule has 0 spiro atoms. The van der Waals surface area contributed by atoms with Gasteiger partial charge < -0.3 is 0 Å². The molecule has 0 atom stereocenters. The second-order valence-electron chi connectivity index (χ2n) is 7.73. The van der Waals surface area contributed by atoms with Crippen LogP contribution in [0.25, 0.3) is 0 Å². The monoisotopic (exact) mass is 320 g/mol. The first-order chi connectivity index (χ1) is 10.9.